The summed E-state index contributed by atoms with van der Waals surface area (Å²) in [6.45, 7) is 0.746. The summed E-state index contributed by atoms with van der Waals surface area (Å²) in [7, 11) is 1.40. The molecule has 2 atom stereocenters. The second-order valence-corrected chi connectivity index (χ2v) is 5.93. The summed E-state index contributed by atoms with van der Waals surface area (Å²) in [4.78, 5) is 23.0. The molecule has 2 aliphatic rings. The molecule has 0 aromatic rings. The van der Waals surface area contributed by atoms with E-state index in [1.54, 1.807) is 0 Å². The van der Waals surface area contributed by atoms with E-state index in [4.69, 9.17) is 9.47 Å². The van der Waals surface area contributed by atoms with Crippen molar-refractivity contribution in [1.82, 2.24) is 0 Å². The van der Waals surface area contributed by atoms with Crippen LogP contribution in [0.5, 0.6) is 0 Å². The Hall–Kier alpha value is -1.46. The van der Waals surface area contributed by atoms with E-state index >= 15 is 0 Å². The number of carbonyl (C=O) groups excluding carboxylic acids is 2. The predicted molar refractivity (Wildman–Crippen MR) is 85.8 cm³/mol. The van der Waals surface area contributed by atoms with Crippen LogP contribution in [0.15, 0.2) is 23.8 Å². The molecular formula is C18H26O5. The zero-order chi connectivity index (χ0) is 16.5. The van der Waals surface area contributed by atoms with Gasteiger partial charge >= 0.3 is 5.97 Å². The largest absolute Gasteiger partial charge is 0.469 e. The van der Waals surface area contributed by atoms with Crippen LogP contribution in [0.3, 0.4) is 0 Å². The molecule has 1 fully saturated rings. The minimum absolute atomic E-state index is 0.145. The molecule has 0 radical (unpaired) electrons. The smallest absolute Gasteiger partial charge is 0.305 e. The molecule has 0 aromatic carbocycles. The molecule has 5 nitrogen and oxygen atoms in total. The highest BCUT2D eigenvalue weighted by atomic mass is 16.7. The van der Waals surface area contributed by atoms with Crippen LogP contribution in [0.4, 0.5) is 0 Å². The molecule has 0 amide bonds. The highest BCUT2D eigenvalue weighted by molar-refractivity contribution is 5.98. The quantitative estimate of drug-likeness (QED) is 0.390. The molecule has 0 spiro atoms. The van der Waals surface area contributed by atoms with Gasteiger partial charge in [0, 0.05) is 19.4 Å². The van der Waals surface area contributed by atoms with Crippen molar-refractivity contribution >= 4 is 11.8 Å². The van der Waals surface area contributed by atoms with Gasteiger partial charge in [-0.25, -0.2) is 0 Å². The number of hydrogen-bond donors (Lipinski definition) is 0. The van der Waals surface area contributed by atoms with Crippen LogP contribution >= 0.6 is 0 Å². The summed E-state index contributed by atoms with van der Waals surface area (Å²) in [6, 6.07) is 0. The van der Waals surface area contributed by atoms with E-state index in [0.717, 1.165) is 44.3 Å². The van der Waals surface area contributed by atoms with Crippen LogP contribution in [0.25, 0.3) is 0 Å². The summed E-state index contributed by atoms with van der Waals surface area (Å²) < 4.78 is 16.0. The van der Waals surface area contributed by atoms with E-state index in [-0.39, 0.29) is 24.1 Å². The van der Waals surface area contributed by atoms with Gasteiger partial charge in [-0.05, 0) is 50.2 Å². The Balaban J connectivity index is 1.68. The van der Waals surface area contributed by atoms with Crippen LogP contribution < -0.4 is 0 Å². The van der Waals surface area contributed by atoms with Gasteiger partial charge in [0.15, 0.2) is 12.1 Å². The molecule has 0 bridgehead atoms. The lowest BCUT2D eigenvalue weighted by Gasteiger charge is -2.24. The van der Waals surface area contributed by atoms with Crippen LogP contribution in [-0.2, 0) is 23.8 Å². The van der Waals surface area contributed by atoms with E-state index in [1.165, 1.54) is 7.11 Å². The van der Waals surface area contributed by atoms with Gasteiger partial charge in [0.05, 0.1) is 13.2 Å². The molecule has 2 rings (SSSR count). The summed E-state index contributed by atoms with van der Waals surface area (Å²) in [5.74, 6) is -0.0259. The second-order valence-electron chi connectivity index (χ2n) is 5.93. The third-order valence-electron chi connectivity index (χ3n) is 4.08. The van der Waals surface area contributed by atoms with E-state index < -0.39 is 0 Å². The molecule has 0 saturated carbocycles. The molecule has 1 aliphatic carbocycles. The molecule has 128 valence electrons. The number of methoxy groups -OCH3 is 1. The van der Waals surface area contributed by atoms with Gasteiger partial charge in [0.2, 0.25) is 0 Å². The lowest BCUT2D eigenvalue weighted by Crippen LogP contribution is -2.26. The Morgan fingerprint density at radius 2 is 2.26 bits per heavy atom. The predicted octanol–water partition coefficient (Wildman–Crippen LogP) is 3.09. The fourth-order valence-electron chi connectivity index (χ4n) is 2.77. The summed E-state index contributed by atoms with van der Waals surface area (Å²) >= 11 is 0. The number of carbonyl (C=O) groups is 2. The Morgan fingerprint density at radius 1 is 1.39 bits per heavy atom. The monoisotopic (exact) mass is 322 g/mol. The van der Waals surface area contributed by atoms with Crippen LogP contribution in [0, 0.1) is 0 Å². The topological polar surface area (TPSA) is 61.8 Å². The normalized spacial score (nSPS) is 24.9. The highest BCUT2D eigenvalue weighted by Gasteiger charge is 2.27. The number of Topliss-reactive ketones (excluding diaryl/α,β-unsaturated/α-hetero) is 1. The number of rotatable bonds is 8. The summed E-state index contributed by atoms with van der Waals surface area (Å²) in [6.07, 6.45) is 11.8. The van der Waals surface area contributed by atoms with Crippen molar-refractivity contribution < 1.29 is 23.8 Å². The Bertz CT molecular complexity index is 460. The van der Waals surface area contributed by atoms with Crippen molar-refractivity contribution in [3.63, 3.8) is 0 Å². The van der Waals surface area contributed by atoms with E-state index in [0.29, 0.717) is 19.3 Å². The number of unbranched alkanes of at least 4 members (excludes halogenated alkanes) is 1. The first-order chi connectivity index (χ1) is 11.2. The molecule has 0 unspecified atom stereocenters. The SMILES string of the molecule is COC(=O)CCC/C=C/CC1=C[C@H](O[C@@H]2CCCCO2)CC1=O. The maximum Gasteiger partial charge on any atom is 0.305 e. The van der Waals surface area contributed by atoms with Gasteiger partial charge in [-0.1, -0.05) is 12.2 Å². The molecule has 1 aliphatic heterocycles. The van der Waals surface area contributed by atoms with E-state index in [2.05, 4.69) is 4.74 Å². The molecule has 5 heteroatoms. The molecular weight excluding hydrogens is 296 g/mol. The number of hydrogen-bond acceptors (Lipinski definition) is 5. The fraction of sp³-hybridized carbons (Fsp3) is 0.667. The minimum Gasteiger partial charge on any atom is -0.469 e. The van der Waals surface area contributed by atoms with Crippen LogP contribution in [0.2, 0.25) is 0 Å². The lowest BCUT2D eigenvalue weighted by atomic mass is 10.1. The first-order valence-corrected chi connectivity index (χ1v) is 8.42. The van der Waals surface area contributed by atoms with Crippen molar-refractivity contribution in [3.8, 4) is 0 Å². The zero-order valence-electron chi connectivity index (χ0n) is 13.8. The van der Waals surface area contributed by atoms with Gasteiger partial charge < -0.3 is 14.2 Å². The van der Waals surface area contributed by atoms with Crippen LogP contribution in [0.1, 0.15) is 51.4 Å². The van der Waals surface area contributed by atoms with Crippen LogP contribution in [-0.4, -0.2) is 37.9 Å². The number of ketones is 1. The lowest BCUT2D eigenvalue weighted by molar-refractivity contribution is -0.178. The Morgan fingerprint density at radius 3 is 3.00 bits per heavy atom. The van der Waals surface area contributed by atoms with Crippen molar-refractivity contribution in [2.24, 2.45) is 0 Å². The Labute approximate surface area is 137 Å². The van der Waals surface area contributed by atoms with Gasteiger partial charge in [-0.3, -0.25) is 9.59 Å². The van der Waals surface area contributed by atoms with E-state index in [9.17, 15) is 9.59 Å². The molecule has 0 N–H and O–H groups in total. The molecule has 1 saturated heterocycles. The summed E-state index contributed by atoms with van der Waals surface area (Å²) in [5.41, 5.74) is 0.815. The number of ether oxygens (including phenoxy) is 3. The zero-order valence-corrected chi connectivity index (χ0v) is 13.8. The van der Waals surface area contributed by atoms with Gasteiger partial charge in [0.25, 0.3) is 0 Å². The first kappa shape index (κ1) is 17.9. The van der Waals surface area contributed by atoms with Crippen molar-refractivity contribution in [2.45, 2.75) is 63.8 Å². The van der Waals surface area contributed by atoms with Crippen molar-refractivity contribution in [3.05, 3.63) is 23.8 Å². The second kappa shape index (κ2) is 9.63. The standard InChI is InChI=1S/C18H26O5/c1-21-17(20)9-5-3-2-4-8-14-12-15(13-16(14)19)23-18-10-6-7-11-22-18/h2,4,12,15,18H,3,5-11,13H2,1H3/b4-2+/t15-,18+/m0/s1. The average Bonchev–Trinajstić information content (AvgIpc) is 2.91. The Kier molecular flexibility index (Phi) is 7.49. The molecule has 23 heavy (non-hydrogen) atoms. The third-order valence-corrected chi connectivity index (χ3v) is 4.08. The molecule has 1 heterocycles. The number of esters is 1. The van der Waals surface area contributed by atoms with Gasteiger partial charge in [-0.15, -0.1) is 0 Å². The van der Waals surface area contributed by atoms with Crippen molar-refractivity contribution in [2.75, 3.05) is 13.7 Å². The minimum atomic E-state index is -0.183. The van der Waals surface area contributed by atoms with Gasteiger partial charge in [-0.2, -0.15) is 0 Å². The highest BCUT2D eigenvalue weighted by Crippen LogP contribution is 2.24. The molecule has 0 aromatic heterocycles. The first-order valence-electron chi connectivity index (χ1n) is 8.42. The van der Waals surface area contributed by atoms with Gasteiger partial charge in [0.1, 0.15) is 0 Å². The van der Waals surface area contributed by atoms with E-state index in [1.807, 2.05) is 18.2 Å². The third kappa shape index (κ3) is 6.28. The maximum absolute atomic E-state index is 12.0. The number of allylic oxidation sites excluding steroid dienone is 3. The average molecular weight is 322 g/mol. The fourth-order valence-corrected chi connectivity index (χ4v) is 2.77. The summed E-state index contributed by atoms with van der Waals surface area (Å²) in [5, 5.41) is 0. The maximum atomic E-state index is 12.0. The van der Waals surface area contributed by atoms with Crippen molar-refractivity contribution in [1.29, 1.82) is 0 Å².